The van der Waals surface area contributed by atoms with Crippen molar-refractivity contribution in [1.82, 2.24) is 5.32 Å². The van der Waals surface area contributed by atoms with E-state index in [9.17, 15) is 4.21 Å². The van der Waals surface area contributed by atoms with Crippen LogP contribution in [0.25, 0.3) is 0 Å². The van der Waals surface area contributed by atoms with E-state index in [0.717, 1.165) is 18.7 Å². The van der Waals surface area contributed by atoms with Gasteiger partial charge in [-0.1, -0.05) is 44.2 Å². The normalized spacial score (nSPS) is 16.3. The molecular weight excluding hydrogens is 254 g/mol. The van der Waals surface area contributed by atoms with E-state index in [4.69, 9.17) is 0 Å². The summed E-state index contributed by atoms with van der Waals surface area (Å²) in [5.74, 6) is 1.93. The first-order valence-corrected chi connectivity index (χ1v) is 8.81. The van der Waals surface area contributed by atoms with Crippen molar-refractivity contribution in [3.8, 4) is 0 Å². The topological polar surface area (TPSA) is 29.1 Å². The molecule has 0 aliphatic carbocycles. The zero-order valence-electron chi connectivity index (χ0n) is 12.6. The van der Waals surface area contributed by atoms with Crippen LogP contribution in [-0.4, -0.2) is 28.8 Å². The van der Waals surface area contributed by atoms with Crippen LogP contribution in [0.4, 0.5) is 0 Å². The van der Waals surface area contributed by atoms with Gasteiger partial charge in [-0.15, -0.1) is 0 Å². The fourth-order valence-electron chi connectivity index (χ4n) is 2.21. The second-order valence-electron chi connectivity index (χ2n) is 5.64. The van der Waals surface area contributed by atoms with Gasteiger partial charge in [0.1, 0.15) is 0 Å². The molecule has 108 valence electrons. The lowest BCUT2D eigenvalue weighted by Gasteiger charge is -2.24. The summed E-state index contributed by atoms with van der Waals surface area (Å²) in [6.07, 6.45) is 2.75. The third-order valence-corrected chi connectivity index (χ3v) is 4.37. The van der Waals surface area contributed by atoms with Crippen molar-refractivity contribution in [2.75, 3.05) is 18.6 Å². The maximum Gasteiger partial charge on any atom is 0.0246 e. The van der Waals surface area contributed by atoms with Gasteiger partial charge in [-0.05, 0) is 30.7 Å². The molecule has 3 unspecified atom stereocenters. The molecule has 0 aliphatic rings. The minimum Gasteiger partial charge on any atom is -0.314 e. The van der Waals surface area contributed by atoms with Crippen molar-refractivity contribution in [3.05, 3.63) is 35.9 Å². The second-order valence-corrected chi connectivity index (χ2v) is 7.19. The van der Waals surface area contributed by atoms with Gasteiger partial charge in [-0.2, -0.15) is 0 Å². The van der Waals surface area contributed by atoms with E-state index in [1.54, 1.807) is 6.26 Å². The summed E-state index contributed by atoms with van der Waals surface area (Å²) in [5, 5.41) is 3.58. The Morgan fingerprint density at radius 2 is 1.79 bits per heavy atom. The van der Waals surface area contributed by atoms with Crippen LogP contribution < -0.4 is 5.32 Å². The number of rotatable bonds is 8. The summed E-state index contributed by atoms with van der Waals surface area (Å²) in [6, 6.07) is 11.1. The first kappa shape index (κ1) is 16.4. The van der Waals surface area contributed by atoms with Crippen molar-refractivity contribution in [2.24, 2.45) is 5.92 Å². The average Bonchev–Trinajstić information content (AvgIpc) is 2.37. The van der Waals surface area contributed by atoms with Crippen LogP contribution in [0, 0.1) is 5.92 Å². The maximum atomic E-state index is 11.1. The summed E-state index contributed by atoms with van der Waals surface area (Å²) >= 11 is 0. The molecular formula is C16H27NOS. The summed E-state index contributed by atoms with van der Waals surface area (Å²) < 4.78 is 11.1. The van der Waals surface area contributed by atoms with Gasteiger partial charge in [0.05, 0.1) is 0 Å². The molecule has 3 atom stereocenters. The Morgan fingerprint density at radius 1 is 1.16 bits per heavy atom. The predicted octanol–water partition coefficient (Wildman–Crippen LogP) is 3.17. The van der Waals surface area contributed by atoms with Gasteiger partial charge in [0.25, 0.3) is 0 Å². The van der Waals surface area contributed by atoms with Gasteiger partial charge in [0, 0.05) is 35.4 Å². The lowest BCUT2D eigenvalue weighted by molar-refractivity contribution is 0.427. The Labute approximate surface area is 120 Å². The lowest BCUT2D eigenvalue weighted by atomic mass is 9.88. The Hall–Kier alpha value is -0.670. The lowest BCUT2D eigenvalue weighted by Crippen LogP contribution is -2.33. The summed E-state index contributed by atoms with van der Waals surface area (Å²) in [4.78, 5) is 0. The minimum atomic E-state index is -0.685. The van der Waals surface area contributed by atoms with E-state index in [0.29, 0.717) is 17.9 Å². The molecule has 0 radical (unpaired) electrons. The molecule has 0 amide bonds. The van der Waals surface area contributed by atoms with Gasteiger partial charge in [0.15, 0.2) is 0 Å². The molecule has 0 spiro atoms. The quantitative estimate of drug-likeness (QED) is 0.793. The smallest absolute Gasteiger partial charge is 0.0246 e. The fourth-order valence-corrected chi connectivity index (χ4v) is 2.90. The Bertz CT molecular complexity index is 378. The van der Waals surface area contributed by atoms with E-state index in [-0.39, 0.29) is 0 Å². The molecule has 0 bridgehead atoms. The van der Waals surface area contributed by atoms with E-state index in [2.05, 4.69) is 56.4 Å². The van der Waals surface area contributed by atoms with Gasteiger partial charge in [-0.25, -0.2) is 0 Å². The molecule has 0 saturated carbocycles. The minimum absolute atomic E-state index is 0.425. The van der Waals surface area contributed by atoms with Crippen molar-refractivity contribution in [2.45, 2.75) is 39.2 Å². The molecule has 0 heterocycles. The Kier molecular flexibility index (Phi) is 7.32. The van der Waals surface area contributed by atoms with E-state index >= 15 is 0 Å². The molecule has 1 aromatic carbocycles. The van der Waals surface area contributed by atoms with Gasteiger partial charge >= 0.3 is 0 Å². The average molecular weight is 281 g/mol. The van der Waals surface area contributed by atoms with Gasteiger partial charge < -0.3 is 5.32 Å². The monoisotopic (exact) mass is 281 g/mol. The number of benzene rings is 1. The Morgan fingerprint density at radius 3 is 2.32 bits per heavy atom. The maximum absolute atomic E-state index is 11.1. The number of hydrogen-bond donors (Lipinski definition) is 1. The van der Waals surface area contributed by atoms with E-state index in [1.807, 2.05) is 0 Å². The summed E-state index contributed by atoms with van der Waals surface area (Å²) in [5.41, 5.74) is 1.40. The zero-order chi connectivity index (χ0) is 14.3. The van der Waals surface area contributed by atoms with Crippen LogP contribution in [0.3, 0.4) is 0 Å². The third-order valence-electron chi connectivity index (χ3n) is 3.56. The highest BCUT2D eigenvalue weighted by Gasteiger charge is 2.16. The predicted molar refractivity (Wildman–Crippen MR) is 85.0 cm³/mol. The van der Waals surface area contributed by atoms with Crippen LogP contribution >= 0.6 is 0 Å². The van der Waals surface area contributed by atoms with E-state index in [1.165, 1.54) is 5.56 Å². The summed E-state index contributed by atoms with van der Waals surface area (Å²) in [7, 11) is -0.685. The van der Waals surface area contributed by atoms with Crippen LogP contribution in [0.2, 0.25) is 0 Å². The van der Waals surface area contributed by atoms with Crippen LogP contribution in [0.15, 0.2) is 30.3 Å². The molecule has 0 fully saturated rings. The van der Waals surface area contributed by atoms with Gasteiger partial charge in [-0.3, -0.25) is 4.21 Å². The number of hydrogen-bond acceptors (Lipinski definition) is 2. The highest BCUT2D eigenvalue weighted by molar-refractivity contribution is 7.84. The molecule has 0 aliphatic heterocycles. The van der Waals surface area contributed by atoms with Crippen molar-refractivity contribution in [3.63, 3.8) is 0 Å². The summed E-state index contributed by atoms with van der Waals surface area (Å²) in [6.45, 7) is 7.70. The molecule has 0 saturated heterocycles. The van der Waals surface area contributed by atoms with Crippen molar-refractivity contribution >= 4 is 10.8 Å². The second kappa shape index (κ2) is 8.49. The highest BCUT2D eigenvalue weighted by Crippen LogP contribution is 2.23. The first-order valence-electron chi connectivity index (χ1n) is 7.09. The molecule has 19 heavy (non-hydrogen) atoms. The first-order chi connectivity index (χ1) is 9.00. The molecule has 1 aromatic rings. The Balaban J connectivity index is 2.49. The highest BCUT2D eigenvalue weighted by atomic mass is 32.2. The van der Waals surface area contributed by atoms with Crippen LogP contribution in [0.5, 0.6) is 0 Å². The van der Waals surface area contributed by atoms with Crippen LogP contribution in [0.1, 0.15) is 38.7 Å². The molecule has 0 aromatic heterocycles. The SMILES string of the molecule is CC(CCS(C)=O)NCC(c1ccccc1)C(C)C. The van der Waals surface area contributed by atoms with Crippen molar-refractivity contribution < 1.29 is 4.21 Å². The molecule has 3 heteroatoms. The van der Waals surface area contributed by atoms with Crippen molar-refractivity contribution in [1.29, 1.82) is 0 Å². The molecule has 2 nitrogen and oxygen atoms in total. The molecule has 1 N–H and O–H groups in total. The van der Waals surface area contributed by atoms with E-state index < -0.39 is 10.8 Å². The fraction of sp³-hybridized carbons (Fsp3) is 0.625. The largest absolute Gasteiger partial charge is 0.314 e. The standard InChI is InChI=1S/C16H27NOS/c1-13(2)16(15-8-6-5-7-9-15)12-17-14(3)10-11-19(4)18/h5-9,13-14,16-17H,10-12H2,1-4H3. The van der Waals surface area contributed by atoms with Gasteiger partial charge in [0.2, 0.25) is 0 Å². The zero-order valence-corrected chi connectivity index (χ0v) is 13.4. The third kappa shape index (κ3) is 6.35. The number of nitrogens with one attached hydrogen (secondary N) is 1. The van der Waals surface area contributed by atoms with Crippen LogP contribution in [-0.2, 0) is 10.8 Å². The molecule has 1 rings (SSSR count).